The van der Waals surface area contributed by atoms with Crippen LogP contribution in [0.1, 0.15) is 11.1 Å². The molecule has 2 nitrogen and oxygen atoms in total. The van der Waals surface area contributed by atoms with Crippen LogP contribution >= 0.6 is 0 Å². The molecule has 0 saturated heterocycles. The Kier molecular flexibility index (Phi) is 1.99. The van der Waals surface area contributed by atoms with Gasteiger partial charge < -0.3 is 0 Å². The van der Waals surface area contributed by atoms with E-state index < -0.39 is 0 Å². The Morgan fingerprint density at radius 2 is 1.50 bits per heavy atom. The van der Waals surface area contributed by atoms with E-state index in [-0.39, 0.29) is 0 Å². The van der Waals surface area contributed by atoms with Crippen molar-refractivity contribution in [3.63, 3.8) is 0 Å². The summed E-state index contributed by atoms with van der Waals surface area (Å²) >= 11 is 0. The van der Waals surface area contributed by atoms with Gasteiger partial charge in [-0.1, -0.05) is 30.3 Å². The number of nitrogens with zero attached hydrogens (tertiary/aromatic N) is 2. The molecule has 0 unspecified atom stereocenters. The summed E-state index contributed by atoms with van der Waals surface area (Å²) in [4.78, 5) is 0. The second kappa shape index (κ2) is 3.70. The normalized spacial score (nSPS) is 10.9. The molecule has 0 amide bonds. The predicted molar refractivity (Wildman–Crippen MR) is 77.8 cm³/mol. The maximum atomic E-state index is 9.24. The van der Waals surface area contributed by atoms with Crippen LogP contribution in [0.25, 0.3) is 33.0 Å². The number of rotatable bonds is 0. The molecular formula is C18H8N2. The van der Waals surface area contributed by atoms with Crippen molar-refractivity contribution in [2.45, 2.75) is 0 Å². The minimum absolute atomic E-state index is 0.661. The number of hydrogen-bond donors (Lipinski definition) is 0. The molecule has 1 aliphatic carbocycles. The molecule has 0 fully saturated rings. The Bertz CT molecular complexity index is 969. The van der Waals surface area contributed by atoms with Gasteiger partial charge in [-0.3, -0.25) is 0 Å². The molecule has 20 heavy (non-hydrogen) atoms. The van der Waals surface area contributed by atoms with E-state index in [4.69, 9.17) is 5.26 Å². The fourth-order valence-corrected chi connectivity index (χ4v) is 3.02. The van der Waals surface area contributed by atoms with Crippen LogP contribution in [0, 0.1) is 22.7 Å². The molecule has 4 rings (SSSR count). The van der Waals surface area contributed by atoms with Crippen LogP contribution in [0.3, 0.4) is 0 Å². The lowest BCUT2D eigenvalue weighted by Crippen LogP contribution is -1.81. The predicted octanol–water partition coefficient (Wildman–Crippen LogP) is 4.23. The van der Waals surface area contributed by atoms with Crippen molar-refractivity contribution in [3.05, 3.63) is 59.7 Å². The van der Waals surface area contributed by atoms with Crippen LogP contribution in [0.15, 0.2) is 48.5 Å². The Hall–Kier alpha value is -3.10. The van der Waals surface area contributed by atoms with E-state index in [0.717, 1.165) is 33.0 Å². The zero-order valence-electron chi connectivity index (χ0n) is 10.5. The molecular weight excluding hydrogens is 244 g/mol. The molecule has 0 bridgehead atoms. The van der Waals surface area contributed by atoms with Gasteiger partial charge in [-0.05, 0) is 45.8 Å². The standard InChI is InChI=1S/C18H8N2/c19-9-11-4-6-14-16-7-5-12(10-20)13-2-1-3-15(18(13)16)17(14)8-11/h1-8H. The van der Waals surface area contributed by atoms with Crippen molar-refractivity contribution in [3.8, 4) is 34.4 Å². The van der Waals surface area contributed by atoms with Crippen molar-refractivity contribution < 1.29 is 0 Å². The highest BCUT2D eigenvalue weighted by atomic mass is 14.3. The fourth-order valence-electron chi connectivity index (χ4n) is 3.02. The van der Waals surface area contributed by atoms with Crippen LogP contribution in [0.2, 0.25) is 0 Å². The van der Waals surface area contributed by atoms with E-state index in [1.54, 1.807) is 0 Å². The topological polar surface area (TPSA) is 47.6 Å². The summed E-state index contributed by atoms with van der Waals surface area (Å²) in [6, 6.07) is 20.1. The lowest BCUT2D eigenvalue weighted by molar-refractivity contribution is 1.49. The van der Waals surface area contributed by atoms with Gasteiger partial charge in [-0.25, -0.2) is 0 Å². The van der Waals surface area contributed by atoms with Gasteiger partial charge in [-0.2, -0.15) is 10.5 Å². The monoisotopic (exact) mass is 252 g/mol. The average molecular weight is 252 g/mol. The summed E-state index contributed by atoms with van der Waals surface area (Å²) in [5, 5.41) is 20.4. The van der Waals surface area contributed by atoms with Crippen molar-refractivity contribution in [1.82, 2.24) is 0 Å². The summed E-state index contributed by atoms with van der Waals surface area (Å²) in [5.41, 5.74) is 5.84. The second-order valence-corrected chi connectivity index (χ2v) is 4.87. The van der Waals surface area contributed by atoms with E-state index >= 15 is 0 Å². The molecule has 0 aromatic heterocycles. The molecule has 1 aliphatic rings. The van der Waals surface area contributed by atoms with Gasteiger partial charge in [0.1, 0.15) is 0 Å². The lowest BCUT2D eigenvalue weighted by atomic mass is 9.99. The van der Waals surface area contributed by atoms with Gasteiger partial charge >= 0.3 is 0 Å². The molecule has 0 N–H and O–H groups in total. The average Bonchev–Trinajstić information content (AvgIpc) is 2.83. The Morgan fingerprint density at radius 1 is 0.700 bits per heavy atom. The Morgan fingerprint density at radius 3 is 2.30 bits per heavy atom. The van der Waals surface area contributed by atoms with E-state index in [0.29, 0.717) is 11.1 Å². The van der Waals surface area contributed by atoms with Crippen molar-refractivity contribution in [2.24, 2.45) is 0 Å². The minimum atomic E-state index is 0.661. The van der Waals surface area contributed by atoms with Gasteiger partial charge in [0.2, 0.25) is 0 Å². The fraction of sp³-hybridized carbons (Fsp3) is 0. The molecule has 3 aromatic carbocycles. The van der Waals surface area contributed by atoms with Gasteiger partial charge in [0.15, 0.2) is 0 Å². The maximum Gasteiger partial charge on any atom is 0.0998 e. The van der Waals surface area contributed by atoms with Gasteiger partial charge in [0.25, 0.3) is 0 Å². The third kappa shape index (κ3) is 1.20. The highest BCUT2D eigenvalue weighted by Gasteiger charge is 2.22. The molecule has 0 aliphatic heterocycles. The van der Waals surface area contributed by atoms with Crippen molar-refractivity contribution >= 4 is 10.8 Å². The SMILES string of the molecule is N#Cc1ccc2c(c1)-c1cccc3c(C#N)ccc-2c13. The molecule has 0 atom stereocenters. The summed E-state index contributed by atoms with van der Waals surface area (Å²) < 4.78 is 0. The third-order valence-corrected chi connectivity index (χ3v) is 3.89. The summed E-state index contributed by atoms with van der Waals surface area (Å²) in [6.45, 7) is 0. The highest BCUT2D eigenvalue weighted by Crippen LogP contribution is 2.47. The zero-order chi connectivity index (χ0) is 13.7. The van der Waals surface area contributed by atoms with E-state index in [1.807, 2.05) is 42.5 Å². The first-order valence-corrected chi connectivity index (χ1v) is 6.34. The molecule has 90 valence electrons. The first kappa shape index (κ1) is 10.8. The van der Waals surface area contributed by atoms with Crippen LogP contribution in [-0.4, -0.2) is 0 Å². The highest BCUT2D eigenvalue weighted by molar-refractivity contribution is 6.16. The van der Waals surface area contributed by atoms with E-state index in [9.17, 15) is 5.26 Å². The van der Waals surface area contributed by atoms with E-state index in [1.165, 1.54) is 0 Å². The van der Waals surface area contributed by atoms with Crippen LogP contribution in [-0.2, 0) is 0 Å². The summed E-state index contributed by atoms with van der Waals surface area (Å²) in [5.74, 6) is 0. The first-order chi connectivity index (χ1) is 9.83. The number of benzene rings is 3. The lowest BCUT2D eigenvalue weighted by Gasteiger charge is -2.03. The molecule has 0 saturated carbocycles. The van der Waals surface area contributed by atoms with Crippen molar-refractivity contribution in [1.29, 1.82) is 10.5 Å². The molecule has 2 heteroatoms. The van der Waals surface area contributed by atoms with Crippen molar-refractivity contribution in [2.75, 3.05) is 0 Å². The summed E-state index contributed by atoms with van der Waals surface area (Å²) in [7, 11) is 0. The summed E-state index contributed by atoms with van der Waals surface area (Å²) in [6.07, 6.45) is 0. The van der Waals surface area contributed by atoms with Gasteiger partial charge in [-0.15, -0.1) is 0 Å². The Labute approximate surface area is 116 Å². The second-order valence-electron chi connectivity index (χ2n) is 4.87. The largest absolute Gasteiger partial charge is 0.192 e. The minimum Gasteiger partial charge on any atom is -0.192 e. The molecule has 0 radical (unpaired) electrons. The van der Waals surface area contributed by atoms with Crippen LogP contribution < -0.4 is 0 Å². The number of fused-ring (bicyclic) bond motifs is 3. The first-order valence-electron chi connectivity index (χ1n) is 6.34. The van der Waals surface area contributed by atoms with Gasteiger partial charge in [0.05, 0.1) is 23.3 Å². The molecule has 3 aromatic rings. The quantitative estimate of drug-likeness (QED) is 0.470. The zero-order valence-corrected chi connectivity index (χ0v) is 10.5. The van der Waals surface area contributed by atoms with E-state index in [2.05, 4.69) is 18.2 Å². The van der Waals surface area contributed by atoms with Crippen LogP contribution in [0.4, 0.5) is 0 Å². The number of hydrogen-bond acceptors (Lipinski definition) is 2. The van der Waals surface area contributed by atoms with Crippen LogP contribution in [0.5, 0.6) is 0 Å². The van der Waals surface area contributed by atoms with Gasteiger partial charge in [0, 0.05) is 5.39 Å². The maximum absolute atomic E-state index is 9.24. The smallest absolute Gasteiger partial charge is 0.0998 e. The number of nitriles is 2. The molecule has 0 heterocycles. The Balaban J connectivity index is 2.20. The third-order valence-electron chi connectivity index (χ3n) is 3.89. The molecule has 0 spiro atoms.